The first-order valence-corrected chi connectivity index (χ1v) is 6.62. The maximum absolute atomic E-state index is 12.3. The molecule has 0 bridgehead atoms. The molecule has 2 heterocycles. The number of pyridine rings is 1. The van der Waals surface area contributed by atoms with Crippen LogP contribution < -0.4 is 0 Å². The van der Waals surface area contributed by atoms with Crippen molar-refractivity contribution in [2.45, 2.75) is 10.7 Å². The van der Waals surface area contributed by atoms with Gasteiger partial charge in [-0.25, -0.2) is 4.52 Å². The zero-order valence-corrected chi connectivity index (χ0v) is 11.7. The Hall–Kier alpha value is 0.110. The highest BCUT2D eigenvalue weighted by Crippen LogP contribution is 2.33. The molecule has 2 nitrogen and oxygen atoms in total. The third kappa shape index (κ3) is 2.28. The predicted octanol–water partition coefficient (Wildman–Crippen LogP) is 4.02. The minimum absolute atomic E-state index is 0.520. The summed E-state index contributed by atoms with van der Waals surface area (Å²) in [6, 6.07) is 5.38. The Balaban J connectivity index is 2.63. The van der Waals surface area contributed by atoms with Crippen molar-refractivity contribution in [1.82, 2.24) is 9.61 Å². The molecule has 0 amide bonds. The first kappa shape index (κ1) is 11.6. The zero-order chi connectivity index (χ0) is 11.0. The van der Waals surface area contributed by atoms with Crippen molar-refractivity contribution in [2.75, 3.05) is 0 Å². The first-order chi connectivity index (χ1) is 7.09. The van der Waals surface area contributed by atoms with Crippen molar-refractivity contribution in [2.24, 2.45) is 0 Å². The lowest BCUT2D eigenvalue weighted by atomic mass is 10.4. The van der Waals surface area contributed by atoms with Crippen LogP contribution in [0.5, 0.6) is 0 Å². The fourth-order valence-corrected chi connectivity index (χ4v) is 3.07. The number of fused-ring (bicyclic) bond motifs is 1. The Morgan fingerprint density at radius 3 is 2.87 bits per heavy atom. The number of thioether (sulfide) groups is 1. The number of nitrogens with zero attached hydrogens (tertiary/aromatic N) is 2. The molecule has 0 radical (unpaired) electrons. The number of aromatic nitrogens is 2. The standard InChI is InChI=1S/C8H4BrF2IN2S/c9-5-3-1-2-4-6(15-8(10)11)7(12)13-14(4)5/h1-3,8H. The Labute approximate surface area is 111 Å². The van der Waals surface area contributed by atoms with Gasteiger partial charge in [-0.05, 0) is 50.7 Å². The van der Waals surface area contributed by atoms with Gasteiger partial charge in [0.15, 0.2) is 0 Å². The van der Waals surface area contributed by atoms with E-state index in [1.54, 1.807) is 16.6 Å². The van der Waals surface area contributed by atoms with Gasteiger partial charge in [0.1, 0.15) is 8.30 Å². The lowest BCUT2D eigenvalue weighted by Crippen LogP contribution is -1.88. The third-order valence-corrected chi connectivity index (χ3v) is 4.27. The molecule has 2 aromatic rings. The van der Waals surface area contributed by atoms with E-state index < -0.39 is 5.76 Å². The Kier molecular flexibility index (Phi) is 3.51. The van der Waals surface area contributed by atoms with Gasteiger partial charge in [-0.15, -0.1) is 0 Å². The molecule has 2 rings (SSSR count). The Morgan fingerprint density at radius 1 is 1.47 bits per heavy atom. The van der Waals surface area contributed by atoms with Crippen LogP contribution in [0.2, 0.25) is 0 Å². The second-order valence-electron chi connectivity index (χ2n) is 2.64. The lowest BCUT2D eigenvalue weighted by Gasteiger charge is -1.98. The average molecular weight is 405 g/mol. The summed E-state index contributed by atoms with van der Waals surface area (Å²) in [6.45, 7) is 0. The van der Waals surface area contributed by atoms with Crippen molar-refractivity contribution >= 4 is 55.8 Å². The van der Waals surface area contributed by atoms with E-state index in [-0.39, 0.29) is 0 Å². The fraction of sp³-hybridized carbons (Fsp3) is 0.125. The van der Waals surface area contributed by atoms with E-state index in [2.05, 4.69) is 21.0 Å². The fourth-order valence-electron chi connectivity index (χ4n) is 1.19. The van der Waals surface area contributed by atoms with E-state index in [1.165, 1.54) is 0 Å². The molecule has 15 heavy (non-hydrogen) atoms. The summed E-state index contributed by atoms with van der Waals surface area (Å²) >= 11 is 5.79. The molecule has 0 fully saturated rings. The predicted molar refractivity (Wildman–Crippen MR) is 67.5 cm³/mol. The normalized spacial score (nSPS) is 11.5. The molecule has 2 aromatic heterocycles. The minimum Gasteiger partial charge on any atom is -0.224 e. The number of alkyl halides is 2. The summed E-state index contributed by atoms with van der Waals surface area (Å²) in [6.07, 6.45) is 0. The van der Waals surface area contributed by atoms with Gasteiger partial charge in [-0.3, -0.25) is 0 Å². The zero-order valence-electron chi connectivity index (χ0n) is 7.12. The third-order valence-electron chi connectivity index (χ3n) is 1.73. The van der Waals surface area contributed by atoms with Crippen LogP contribution in [-0.2, 0) is 0 Å². The molecule has 0 spiro atoms. The molecule has 0 N–H and O–H groups in total. The Bertz CT molecular complexity index is 503. The van der Waals surface area contributed by atoms with Gasteiger partial charge in [-0.2, -0.15) is 13.9 Å². The average Bonchev–Trinajstić information content (AvgIpc) is 2.45. The van der Waals surface area contributed by atoms with Crippen LogP contribution in [0.4, 0.5) is 8.78 Å². The van der Waals surface area contributed by atoms with Gasteiger partial charge >= 0.3 is 0 Å². The van der Waals surface area contributed by atoms with Crippen molar-refractivity contribution in [3.05, 3.63) is 26.5 Å². The van der Waals surface area contributed by atoms with E-state index in [9.17, 15) is 8.78 Å². The van der Waals surface area contributed by atoms with Crippen LogP contribution in [-0.4, -0.2) is 15.4 Å². The van der Waals surface area contributed by atoms with Crippen LogP contribution in [0.25, 0.3) is 5.52 Å². The first-order valence-electron chi connectivity index (χ1n) is 3.87. The van der Waals surface area contributed by atoms with E-state index in [0.717, 1.165) is 4.60 Å². The summed E-state index contributed by atoms with van der Waals surface area (Å²) in [5.41, 5.74) is 0.694. The molecule has 0 aliphatic heterocycles. The molecule has 0 atom stereocenters. The second-order valence-corrected chi connectivity index (χ2v) is 5.48. The second kappa shape index (κ2) is 4.54. The molecule has 0 unspecified atom stereocenters. The molecule has 0 saturated carbocycles. The lowest BCUT2D eigenvalue weighted by molar-refractivity contribution is 0.252. The minimum atomic E-state index is -2.43. The highest BCUT2D eigenvalue weighted by Gasteiger charge is 2.16. The molecule has 0 aliphatic carbocycles. The maximum atomic E-state index is 12.3. The van der Waals surface area contributed by atoms with Crippen molar-refractivity contribution in [1.29, 1.82) is 0 Å². The number of hydrogen-bond acceptors (Lipinski definition) is 2. The SMILES string of the molecule is FC(F)Sc1c(I)nn2c(Br)cccc12. The number of rotatable bonds is 2. The van der Waals surface area contributed by atoms with Crippen molar-refractivity contribution < 1.29 is 8.78 Å². The highest BCUT2D eigenvalue weighted by atomic mass is 127. The largest absolute Gasteiger partial charge is 0.289 e. The van der Waals surface area contributed by atoms with Crippen LogP contribution in [0.1, 0.15) is 0 Å². The van der Waals surface area contributed by atoms with Crippen LogP contribution in [0.3, 0.4) is 0 Å². The summed E-state index contributed by atoms with van der Waals surface area (Å²) in [7, 11) is 0. The maximum Gasteiger partial charge on any atom is 0.289 e. The van der Waals surface area contributed by atoms with Gasteiger partial charge in [-0.1, -0.05) is 17.8 Å². The molecule has 80 valence electrons. The van der Waals surface area contributed by atoms with E-state index in [4.69, 9.17) is 0 Å². The van der Waals surface area contributed by atoms with Crippen LogP contribution in [0, 0.1) is 3.70 Å². The van der Waals surface area contributed by atoms with E-state index in [1.807, 2.05) is 28.7 Å². The summed E-state index contributed by atoms with van der Waals surface area (Å²) < 4.78 is 27.6. The smallest absolute Gasteiger partial charge is 0.224 e. The monoisotopic (exact) mass is 404 g/mol. The molecule has 0 saturated heterocycles. The molecular weight excluding hydrogens is 401 g/mol. The van der Waals surface area contributed by atoms with E-state index >= 15 is 0 Å². The molecule has 7 heteroatoms. The topological polar surface area (TPSA) is 17.3 Å². The quantitative estimate of drug-likeness (QED) is 0.427. The number of hydrogen-bond donors (Lipinski definition) is 0. The molecule has 0 aromatic carbocycles. The highest BCUT2D eigenvalue weighted by molar-refractivity contribution is 14.1. The van der Waals surface area contributed by atoms with Gasteiger partial charge in [0, 0.05) is 0 Å². The van der Waals surface area contributed by atoms with Crippen molar-refractivity contribution in [3.63, 3.8) is 0 Å². The van der Waals surface area contributed by atoms with Gasteiger partial charge in [0.05, 0.1) is 10.4 Å². The van der Waals surface area contributed by atoms with Crippen LogP contribution >= 0.6 is 50.3 Å². The summed E-state index contributed by atoms with van der Waals surface area (Å²) in [5, 5.41) is 4.17. The van der Waals surface area contributed by atoms with E-state index in [0.29, 0.717) is 25.9 Å². The van der Waals surface area contributed by atoms with Gasteiger partial charge in [0.25, 0.3) is 5.76 Å². The molecular formula is C8H4BrF2IN2S. The number of halogens is 4. The Morgan fingerprint density at radius 2 is 2.20 bits per heavy atom. The van der Waals surface area contributed by atoms with Crippen molar-refractivity contribution in [3.8, 4) is 0 Å². The van der Waals surface area contributed by atoms with Gasteiger partial charge < -0.3 is 0 Å². The molecule has 0 aliphatic rings. The summed E-state index contributed by atoms with van der Waals surface area (Å²) in [4.78, 5) is 0.520. The van der Waals surface area contributed by atoms with Crippen LogP contribution in [0.15, 0.2) is 27.7 Å². The van der Waals surface area contributed by atoms with Gasteiger partial charge in [0.2, 0.25) is 0 Å². The summed E-state index contributed by atoms with van der Waals surface area (Å²) in [5.74, 6) is -2.43.